The number of aryl methyl sites for hydroxylation is 2. The topological polar surface area (TPSA) is 95.2 Å². The number of aromatic amines is 1. The molecule has 0 bridgehead atoms. The lowest BCUT2D eigenvalue weighted by atomic mass is 9.93. The molecule has 0 aromatic carbocycles. The van der Waals surface area contributed by atoms with E-state index in [9.17, 15) is 4.79 Å². The molecule has 0 atom stereocenters. The van der Waals surface area contributed by atoms with Gasteiger partial charge in [-0.3, -0.25) is 14.6 Å². The van der Waals surface area contributed by atoms with Crippen molar-refractivity contribution in [1.29, 1.82) is 0 Å². The maximum absolute atomic E-state index is 12.0. The van der Waals surface area contributed by atoms with Gasteiger partial charge in [-0.1, -0.05) is 5.16 Å². The molecule has 0 unspecified atom stereocenters. The van der Waals surface area contributed by atoms with Gasteiger partial charge in [0.1, 0.15) is 5.60 Å². The van der Waals surface area contributed by atoms with Crippen LogP contribution in [0.4, 0.5) is 0 Å². The van der Waals surface area contributed by atoms with E-state index in [1.165, 1.54) is 0 Å². The van der Waals surface area contributed by atoms with Gasteiger partial charge in [-0.2, -0.15) is 4.98 Å². The molecule has 8 heteroatoms. The Morgan fingerprint density at radius 2 is 2.08 bits per heavy atom. The molecule has 2 aromatic heterocycles. The molecule has 1 saturated heterocycles. The van der Waals surface area contributed by atoms with E-state index in [1.807, 2.05) is 4.68 Å². The molecule has 1 aliphatic heterocycles. The molecule has 2 aromatic rings. The van der Waals surface area contributed by atoms with E-state index in [1.54, 1.807) is 7.11 Å². The minimum absolute atomic E-state index is 0.0430. The monoisotopic (exact) mass is 348 g/mol. The third kappa shape index (κ3) is 3.04. The number of H-pyrrole nitrogens is 1. The number of nitrogens with zero attached hydrogens (tertiary/aromatic N) is 3. The summed E-state index contributed by atoms with van der Waals surface area (Å²) in [5.74, 6) is 1.16. The Labute approximate surface area is 145 Å². The molecule has 1 aliphatic carbocycles. The normalized spacial score (nSPS) is 19.7. The van der Waals surface area contributed by atoms with Crippen molar-refractivity contribution in [2.45, 2.75) is 57.1 Å². The summed E-state index contributed by atoms with van der Waals surface area (Å²) in [7, 11) is 1.68. The first-order chi connectivity index (χ1) is 12.2. The van der Waals surface area contributed by atoms with Gasteiger partial charge in [-0.25, -0.2) is 0 Å². The largest absolute Gasteiger partial charge is 0.381 e. The average molecular weight is 348 g/mol. The van der Waals surface area contributed by atoms with Crippen LogP contribution in [0.5, 0.6) is 0 Å². The Morgan fingerprint density at radius 1 is 1.28 bits per heavy atom. The Morgan fingerprint density at radius 3 is 2.88 bits per heavy atom. The predicted octanol–water partition coefficient (Wildman–Crippen LogP) is 1.33. The minimum Gasteiger partial charge on any atom is -0.381 e. The van der Waals surface area contributed by atoms with Crippen molar-refractivity contribution in [1.82, 2.24) is 19.9 Å². The fourth-order valence-corrected chi connectivity index (χ4v) is 3.85. The molecule has 0 spiro atoms. The van der Waals surface area contributed by atoms with Crippen molar-refractivity contribution in [2.24, 2.45) is 0 Å². The van der Waals surface area contributed by atoms with Crippen LogP contribution < -0.4 is 5.56 Å². The van der Waals surface area contributed by atoms with Gasteiger partial charge in [0.15, 0.2) is 0 Å². The highest BCUT2D eigenvalue weighted by atomic mass is 16.5. The highest BCUT2D eigenvalue weighted by molar-refractivity contribution is 5.20. The van der Waals surface area contributed by atoms with Gasteiger partial charge in [0, 0.05) is 57.4 Å². The lowest BCUT2D eigenvalue weighted by Crippen LogP contribution is -2.36. The molecule has 3 heterocycles. The summed E-state index contributed by atoms with van der Waals surface area (Å²) < 4.78 is 18.5. The SMILES string of the molecule is COC1(c2noc(CCn3[nH]c(=O)c4c3CCCC4)n2)CCOCC1. The summed E-state index contributed by atoms with van der Waals surface area (Å²) in [5, 5.41) is 7.08. The summed E-state index contributed by atoms with van der Waals surface area (Å²) in [6.45, 7) is 1.90. The van der Waals surface area contributed by atoms with E-state index >= 15 is 0 Å². The number of aromatic nitrogens is 4. The van der Waals surface area contributed by atoms with Crippen LogP contribution in [-0.4, -0.2) is 40.2 Å². The molecule has 136 valence electrons. The Bertz CT molecular complexity index is 785. The second kappa shape index (κ2) is 6.76. The van der Waals surface area contributed by atoms with Crippen LogP contribution in [0.15, 0.2) is 9.32 Å². The van der Waals surface area contributed by atoms with Gasteiger partial charge < -0.3 is 14.0 Å². The quantitative estimate of drug-likeness (QED) is 0.876. The molecule has 1 N–H and O–H groups in total. The number of nitrogens with one attached hydrogen (secondary N) is 1. The summed E-state index contributed by atoms with van der Waals surface area (Å²) in [6.07, 6.45) is 6.09. The zero-order valence-corrected chi connectivity index (χ0v) is 14.5. The van der Waals surface area contributed by atoms with Gasteiger partial charge in [0.05, 0.1) is 0 Å². The highest BCUT2D eigenvalue weighted by Gasteiger charge is 2.39. The van der Waals surface area contributed by atoms with E-state index in [0.717, 1.165) is 49.8 Å². The van der Waals surface area contributed by atoms with Gasteiger partial charge >= 0.3 is 0 Å². The van der Waals surface area contributed by atoms with Gasteiger partial charge in [-0.05, 0) is 25.7 Å². The van der Waals surface area contributed by atoms with Crippen molar-refractivity contribution in [3.8, 4) is 0 Å². The fourth-order valence-electron chi connectivity index (χ4n) is 3.85. The minimum atomic E-state index is -0.513. The molecule has 25 heavy (non-hydrogen) atoms. The third-order valence-electron chi connectivity index (χ3n) is 5.39. The first-order valence-electron chi connectivity index (χ1n) is 8.98. The standard InChI is InChI=1S/C17H24N4O4/c1-23-17(7-10-24-11-8-17)16-18-14(25-20-16)6-9-21-13-5-3-2-4-12(13)15(22)19-21/h2-11H2,1H3,(H,19,22). The number of ether oxygens (including phenoxy) is 2. The van der Waals surface area contributed by atoms with Crippen molar-refractivity contribution in [3.63, 3.8) is 0 Å². The van der Waals surface area contributed by atoms with Gasteiger partial charge in [0.25, 0.3) is 5.56 Å². The predicted molar refractivity (Wildman–Crippen MR) is 88.4 cm³/mol. The van der Waals surface area contributed by atoms with Crippen LogP contribution in [0.1, 0.15) is 48.7 Å². The maximum Gasteiger partial charge on any atom is 0.267 e. The number of hydrogen-bond donors (Lipinski definition) is 1. The van der Waals surface area contributed by atoms with Crippen LogP contribution >= 0.6 is 0 Å². The fraction of sp³-hybridized carbons (Fsp3) is 0.706. The van der Waals surface area contributed by atoms with Crippen LogP contribution in [0.3, 0.4) is 0 Å². The lowest BCUT2D eigenvalue weighted by molar-refractivity contribution is -0.101. The van der Waals surface area contributed by atoms with Crippen LogP contribution in [0.2, 0.25) is 0 Å². The molecular formula is C17H24N4O4. The van der Waals surface area contributed by atoms with E-state index in [-0.39, 0.29) is 5.56 Å². The van der Waals surface area contributed by atoms with Crippen LogP contribution in [0.25, 0.3) is 0 Å². The molecule has 4 rings (SSSR count). The molecule has 2 aliphatic rings. The van der Waals surface area contributed by atoms with E-state index in [2.05, 4.69) is 15.2 Å². The Kier molecular flexibility index (Phi) is 4.47. The second-order valence-corrected chi connectivity index (χ2v) is 6.80. The lowest BCUT2D eigenvalue weighted by Gasteiger charge is -2.32. The number of fused-ring (bicyclic) bond motifs is 1. The van der Waals surface area contributed by atoms with E-state index in [4.69, 9.17) is 14.0 Å². The second-order valence-electron chi connectivity index (χ2n) is 6.80. The molecule has 0 amide bonds. The Hall–Kier alpha value is -1.93. The highest BCUT2D eigenvalue weighted by Crippen LogP contribution is 2.33. The van der Waals surface area contributed by atoms with Crippen molar-refractivity contribution >= 4 is 0 Å². The van der Waals surface area contributed by atoms with Gasteiger partial charge in [-0.15, -0.1) is 0 Å². The first kappa shape index (κ1) is 16.5. The summed E-state index contributed by atoms with van der Waals surface area (Å²) in [5.41, 5.74) is 1.61. The third-order valence-corrected chi connectivity index (χ3v) is 5.39. The van der Waals surface area contributed by atoms with Crippen molar-refractivity contribution in [2.75, 3.05) is 20.3 Å². The number of methoxy groups -OCH3 is 1. The van der Waals surface area contributed by atoms with Crippen molar-refractivity contribution in [3.05, 3.63) is 33.3 Å². The van der Waals surface area contributed by atoms with Gasteiger partial charge in [0.2, 0.25) is 11.7 Å². The molecular weight excluding hydrogens is 324 g/mol. The molecule has 0 radical (unpaired) electrons. The molecule has 8 nitrogen and oxygen atoms in total. The van der Waals surface area contributed by atoms with E-state index in [0.29, 0.717) is 37.9 Å². The summed E-state index contributed by atoms with van der Waals surface area (Å²) >= 11 is 0. The number of rotatable bonds is 5. The number of hydrogen-bond acceptors (Lipinski definition) is 6. The van der Waals surface area contributed by atoms with Crippen LogP contribution in [0, 0.1) is 0 Å². The molecule has 0 saturated carbocycles. The maximum atomic E-state index is 12.0. The van der Waals surface area contributed by atoms with Crippen molar-refractivity contribution < 1.29 is 14.0 Å². The zero-order chi connectivity index (χ0) is 17.3. The summed E-state index contributed by atoms with van der Waals surface area (Å²) in [6, 6.07) is 0. The summed E-state index contributed by atoms with van der Waals surface area (Å²) in [4.78, 5) is 16.6. The first-order valence-corrected chi connectivity index (χ1v) is 8.98. The Balaban J connectivity index is 1.48. The van der Waals surface area contributed by atoms with Crippen LogP contribution in [-0.2, 0) is 40.9 Å². The average Bonchev–Trinajstić information content (AvgIpc) is 3.26. The zero-order valence-electron chi connectivity index (χ0n) is 14.5. The van der Waals surface area contributed by atoms with E-state index < -0.39 is 5.60 Å². The molecule has 1 fully saturated rings. The smallest absolute Gasteiger partial charge is 0.267 e.